The standard InChI is InChI=1S/C14H25N3O2/c1-14(15)8-4-2-6-10(14)12(18)17-11-7-3-5-9-16-13(11)19/h10-11H,2-9,15H2,1H3,(H,16,19)(H,17,18). The highest BCUT2D eigenvalue weighted by molar-refractivity contribution is 5.89. The van der Waals surface area contributed by atoms with Crippen LogP contribution in [0, 0.1) is 5.92 Å². The van der Waals surface area contributed by atoms with Gasteiger partial charge >= 0.3 is 0 Å². The molecule has 0 aromatic rings. The highest BCUT2D eigenvalue weighted by atomic mass is 16.2. The SMILES string of the molecule is CC1(N)CCCCC1C(=O)NC1CCCCNC1=O. The summed E-state index contributed by atoms with van der Waals surface area (Å²) in [5.74, 6) is -0.274. The van der Waals surface area contributed by atoms with E-state index >= 15 is 0 Å². The molecule has 2 amide bonds. The van der Waals surface area contributed by atoms with Gasteiger partial charge in [0.15, 0.2) is 0 Å². The summed E-state index contributed by atoms with van der Waals surface area (Å²) in [4.78, 5) is 24.2. The molecular weight excluding hydrogens is 242 g/mol. The van der Waals surface area contributed by atoms with Crippen LogP contribution in [0.1, 0.15) is 51.9 Å². The molecule has 3 unspecified atom stereocenters. The number of hydrogen-bond donors (Lipinski definition) is 3. The van der Waals surface area contributed by atoms with Crippen molar-refractivity contribution < 1.29 is 9.59 Å². The van der Waals surface area contributed by atoms with Gasteiger partial charge in [-0.3, -0.25) is 9.59 Å². The first-order valence-corrected chi connectivity index (χ1v) is 7.38. The number of carbonyl (C=O) groups excluding carboxylic acids is 2. The molecule has 1 saturated carbocycles. The molecule has 19 heavy (non-hydrogen) atoms. The summed E-state index contributed by atoms with van der Waals surface area (Å²) < 4.78 is 0. The summed E-state index contributed by atoms with van der Waals surface area (Å²) in [6.07, 6.45) is 6.51. The van der Waals surface area contributed by atoms with Gasteiger partial charge in [0.05, 0.1) is 5.92 Å². The first-order valence-electron chi connectivity index (χ1n) is 7.38. The first kappa shape index (κ1) is 14.3. The molecule has 1 aliphatic carbocycles. The smallest absolute Gasteiger partial charge is 0.242 e. The highest BCUT2D eigenvalue weighted by Crippen LogP contribution is 2.31. The number of amides is 2. The summed E-state index contributed by atoms with van der Waals surface area (Å²) in [6.45, 7) is 2.66. The second-order valence-corrected chi connectivity index (χ2v) is 6.15. The zero-order valence-electron chi connectivity index (χ0n) is 11.7. The van der Waals surface area contributed by atoms with Crippen LogP contribution in [0.3, 0.4) is 0 Å². The van der Waals surface area contributed by atoms with Gasteiger partial charge in [0.1, 0.15) is 6.04 Å². The zero-order valence-corrected chi connectivity index (χ0v) is 11.7. The van der Waals surface area contributed by atoms with Gasteiger partial charge in [-0.25, -0.2) is 0 Å². The monoisotopic (exact) mass is 267 g/mol. The van der Waals surface area contributed by atoms with E-state index in [4.69, 9.17) is 5.73 Å². The van der Waals surface area contributed by atoms with Crippen LogP contribution in [0.15, 0.2) is 0 Å². The lowest BCUT2D eigenvalue weighted by molar-refractivity contribution is -0.133. The molecule has 0 radical (unpaired) electrons. The molecule has 3 atom stereocenters. The third-order valence-electron chi connectivity index (χ3n) is 4.42. The van der Waals surface area contributed by atoms with Gasteiger partial charge in [0.2, 0.25) is 11.8 Å². The van der Waals surface area contributed by atoms with Crippen LogP contribution < -0.4 is 16.4 Å². The molecule has 5 nitrogen and oxygen atoms in total. The van der Waals surface area contributed by atoms with Gasteiger partial charge in [-0.1, -0.05) is 12.8 Å². The number of hydrogen-bond acceptors (Lipinski definition) is 3. The number of rotatable bonds is 2. The summed E-state index contributed by atoms with van der Waals surface area (Å²) in [6, 6.07) is -0.382. The van der Waals surface area contributed by atoms with Crippen molar-refractivity contribution in [1.82, 2.24) is 10.6 Å². The summed E-state index contributed by atoms with van der Waals surface area (Å²) >= 11 is 0. The molecule has 108 valence electrons. The first-order chi connectivity index (χ1) is 9.00. The Morgan fingerprint density at radius 1 is 1.32 bits per heavy atom. The molecule has 4 N–H and O–H groups in total. The van der Waals surface area contributed by atoms with Crippen LogP contribution in [-0.4, -0.2) is 29.9 Å². The fraction of sp³-hybridized carbons (Fsp3) is 0.857. The molecule has 0 aromatic carbocycles. The maximum absolute atomic E-state index is 12.4. The third-order valence-corrected chi connectivity index (χ3v) is 4.42. The maximum atomic E-state index is 12.4. The third kappa shape index (κ3) is 3.47. The average molecular weight is 267 g/mol. The van der Waals surface area contributed by atoms with E-state index in [2.05, 4.69) is 10.6 Å². The van der Waals surface area contributed by atoms with E-state index in [1.54, 1.807) is 0 Å². The van der Waals surface area contributed by atoms with Crippen molar-refractivity contribution >= 4 is 11.8 Å². The van der Waals surface area contributed by atoms with Gasteiger partial charge < -0.3 is 16.4 Å². The minimum Gasteiger partial charge on any atom is -0.354 e. The van der Waals surface area contributed by atoms with E-state index in [0.29, 0.717) is 6.54 Å². The lowest BCUT2D eigenvalue weighted by Gasteiger charge is -2.37. The van der Waals surface area contributed by atoms with Crippen molar-refractivity contribution in [2.24, 2.45) is 11.7 Å². The van der Waals surface area contributed by atoms with Crippen LogP contribution in [0.2, 0.25) is 0 Å². The average Bonchev–Trinajstić information content (AvgIpc) is 2.54. The molecule has 2 fully saturated rings. The molecule has 0 spiro atoms. The minimum absolute atomic E-state index is 0.0493. The Bertz CT molecular complexity index is 355. The number of nitrogens with two attached hydrogens (primary N) is 1. The second-order valence-electron chi connectivity index (χ2n) is 6.15. The largest absolute Gasteiger partial charge is 0.354 e. The van der Waals surface area contributed by atoms with Gasteiger partial charge in [-0.15, -0.1) is 0 Å². The Hall–Kier alpha value is -1.10. The molecule has 0 aromatic heterocycles. The molecular formula is C14H25N3O2. The van der Waals surface area contributed by atoms with E-state index in [0.717, 1.165) is 44.9 Å². The van der Waals surface area contributed by atoms with Crippen LogP contribution in [0.4, 0.5) is 0 Å². The van der Waals surface area contributed by atoms with Crippen molar-refractivity contribution in [3.8, 4) is 0 Å². The summed E-state index contributed by atoms with van der Waals surface area (Å²) in [7, 11) is 0. The van der Waals surface area contributed by atoms with Gasteiger partial charge in [0, 0.05) is 12.1 Å². The molecule has 2 aliphatic rings. The van der Waals surface area contributed by atoms with Crippen LogP contribution in [0.5, 0.6) is 0 Å². The topological polar surface area (TPSA) is 84.2 Å². The molecule has 5 heteroatoms. The van der Waals surface area contributed by atoms with Crippen LogP contribution in [0.25, 0.3) is 0 Å². The molecule has 0 bridgehead atoms. The molecule has 2 rings (SSSR count). The fourth-order valence-corrected chi connectivity index (χ4v) is 3.14. The van der Waals surface area contributed by atoms with Gasteiger partial charge in [-0.2, -0.15) is 0 Å². The highest BCUT2D eigenvalue weighted by Gasteiger charge is 2.39. The van der Waals surface area contributed by atoms with Crippen LogP contribution >= 0.6 is 0 Å². The number of nitrogens with one attached hydrogen (secondary N) is 2. The Labute approximate surface area is 114 Å². The van der Waals surface area contributed by atoms with E-state index in [9.17, 15) is 9.59 Å². The van der Waals surface area contributed by atoms with Crippen LogP contribution in [-0.2, 0) is 9.59 Å². The lowest BCUT2D eigenvalue weighted by Crippen LogP contribution is -2.56. The normalized spacial score (nSPS) is 36.2. The van der Waals surface area contributed by atoms with Crippen molar-refractivity contribution in [3.05, 3.63) is 0 Å². The molecule has 1 aliphatic heterocycles. The molecule has 1 saturated heterocycles. The van der Waals surface area contributed by atoms with E-state index in [-0.39, 0.29) is 23.8 Å². The lowest BCUT2D eigenvalue weighted by atomic mass is 9.74. The minimum atomic E-state index is -0.441. The van der Waals surface area contributed by atoms with Gasteiger partial charge in [0.25, 0.3) is 0 Å². The Balaban J connectivity index is 1.97. The number of carbonyl (C=O) groups is 2. The quantitative estimate of drug-likeness (QED) is 0.688. The molecule has 1 heterocycles. The summed E-state index contributed by atoms with van der Waals surface area (Å²) in [5.41, 5.74) is 5.79. The van der Waals surface area contributed by atoms with E-state index in [1.807, 2.05) is 6.92 Å². The predicted molar refractivity (Wildman–Crippen MR) is 73.3 cm³/mol. The Kier molecular flexibility index (Phi) is 4.45. The predicted octanol–water partition coefficient (Wildman–Crippen LogP) is 0.679. The van der Waals surface area contributed by atoms with E-state index in [1.165, 1.54) is 0 Å². The van der Waals surface area contributed by atoms with Gasteiger partial charge in [-0.05, 0) is 39.0 Å². The van der Waals surface area contributed by atoms with Crippen molar-refractivity contribution in [2.45, 2.75) is 63.5 Å². The van der Waals surface area contributed by atoms with Crippen molar-refractivity contribution in [3.63, 3.8) is 0 Å². The Morgan fingerprint density at radius 3 is 2.79 bits per heavy atom. The zero-order chi connectivity index (χ0) is 13.9. The van der Waals surface area contributed by atoms with Crippen molar-refractivity contribution in [1.29, 1.82) is 0 Å². The van der Waals surface area contributed by atoms with Crippen molar-refractivity contribution in [2.75, 3.05) is 6.54 Å². The fourth-order valence-electron chi connectivity index (χ4n) is 3.14. The Morgan fingerprint density at radius 2 is 2.05 bits per heavy atom. The van der Waals surface area contributed by atoms with E-state index < -0.39 is 5.54 Å². The summed E-state index contributed by atoms with van der Waals surface area (Å²) in [5, 5.41) is 5.74. The maximum Gasteiger partial charge on any atom is 0.242 e. The second kappa shape index (κ2) is 5.90.